The minimum atomic E-state index is -1.07. The molecule has 0 aliphatic rings. The molecule has 21 heavy (non-hydrogen) atoms. The smallest absolute Gasteiger partial charge is 0.310 e. The summed E-state index contributed by atoms with van der Waals surface area (Å²) in [5.74, 6) is -0.603. The number of carboxylic acids is 1. The lowest BCUT2D eigenvalue weighted by atomic mass is 9.76. The van der Waals surface area contributed by atoms with Crippen LogP contribution < -0.4 is 0 Å². The zero-order chi connectivity index (χ0) is 16.4. The van der Waals surface area contributed by atoms with Gasteiger partial charge in [0.25, 0.3) is 0 Å². The van der Waals surface area contributed by atoms with Gasteiger partial charge in [-0.1, -0.05) is 19.0 Å². The Morgan fingerprint density at radius 3 is 2.33 bits per heavy atom. The highest BCUT2D eigenvalue weighted by Gasteiger charge is 2.39. The molecule has 0 bridgehead atoms. The van der Waals surface area contributed by atoms with Crippen molar-refractivity contribution in [2.45, 2.75) is 47.6 Å². The van der Waals surface area contributed by atoms with Gasteiger partial charge in [-0.2, -0.15) is 0 Å². The van der Waals surface area contributed by atoms with E-state index in [1.54, 1.807) is 20.9 Å². The summed E-state index contributed by atoms with van der Waals surface area (Å²) < 4.78 is 5.07. The number of carbonyl (C=O) groups is 2. The summed E-state index contributed by atoms with van der Waals surface area (Å²) in [5.41, 5.74) is 0.550. The highest BCUT2D eigenvalue weighted by Crippen LogP contribution is 2.32. The van der Waals surface area contributed by atoms with Crippen molar-refractivity contribution in [2.24, 2.45) is 11.3 Å². The van der Waals surface area contributed by atoms with E-state index in [0.29, 0.717) is 12.3 Å². The van der Waals surface area contributed by atoms with Crippen LogP contribution in [-0.4, -0.2) is 34.1 Å². The molecule has 1 N–H and O–H groups in total. The first-order valence-electron chi connectivity index (χ1n) is 6.98. The van der Waals surface area contributed by atoms with Crippen LogP contribution >= 0.6 is 0 Å². The molecule has 1 atom stereocenters. The molecule has 118 valence electrons. The molecule has 0 aromatic carbocycles. The zero-order valence-corrected chi connectivity index (χ0v) is 13.6. The van der Waals surface area contributed by atoms with E-state index in [0.717, 1.165) is 11.3 Å². The number of carboxylic acid groups (broad SMARTS) is 1. The largest absolute Gasteiger partial charge is 0.481 e. The second-order valence-corrected chi connectivity index (χ2v) is 6.11. The third kappa shape index (κ3) is 3.62. The summed E-state index contributed by atoms with van der Waals surface area (Å²) in [6.45, 7) is 9.23. The number of aromatic nitrogens is 1. The molecule has 6 nitrogen and oxygen atoms in total. The van der Waals surface area contributed by atoms with Crippen LogP contribution in [0.3, 0.4) is 0 Å². The third-order valence-corrected chi connectivity index (χ3v) is 4.28. The Kier molecular flexibility index (Phi) is 5.15. The Morgan fingerprint density at radius 2 is 1.95 bits per heavy atom. The molecule has 1 aromatic rings. The monoisotopic (exact) mass is 296 g/mol. The number of hydrogen-bond donors (Lipinski definition) is 1. The summed E-state index contributed by atoms with van der Waals surface area (Å²) in [5, 5.41) is 13.2. The lowest BCUT2D eigenvalue weighted by Crippen LogP contribution is -2.39. The normalized spacial score (nSPS) is 14.0. The van der Waals surface area contributed by atoms with Crippen molar-refractivity contribution >= 4 is 11.9 Å². The van der Waals surface area contributed by atoms with Crippen molar-refractivity contribution in [3.8, 4) is 0 Å². The van der Waals surface area contributed by atoms with Gasteiger partial charge >= 0.3 is 5.97 Å². The summed E-state index contributed by atoms with van der Waals surface area (Å²) in [6, 6.07) is 0. The molecular weight excluding hydrogens is 272 g/mol. The Morgan fingerprint density at radius 1 is 1.38 bits per heavy atom. The van der Waals surface area contributed by atoms with Crippen molar-refractivity contribution in [2.75, 3.05) is 7.05 Å². The minimum Gasteiger partial charge on any atom is -0.481 e. The standard InChI is InChI=1S/C15H24N2O4/c1-9(2)15(5,14(19)20)7-13(18)17(6)8-12-10(3)16-21-11(12)4/h9H,7-8H2,1-6H3,(H,19,20). The van der Waals surface area contributed by atoms with Gasteiger partial charge in [0.2, 0.25) is 5.91 Å². The van der Waals surface area contributed by atoms with Crippen LogP contribution in [-0.2, 0) is 16.1 Å². The maximum atomic E-state index is 12.3. The van der Waals surface area contributed by atoms with E-state index in [2.05, 4.69) is 5.16 Å². The van der Waals surface area contributed by atoms with Crippen LogP contribution in [0.5, 0.6) is 0 Å². The van der Waals surface area contributed by atoms with E-state index < -0.39 is 11.4 Å². The van der Waals surface area contributed by atoms with Crippen molar-refractivity contribution in [1.29, 1.82) is 0 Å². The first-order chi connectivity index (χ1) is 9.59. The molecular formula is C15H24N2O4. The summed E-state index contributed by atoms with van der Waals surface area (Å²) in [7, 11) is 1.66. The molecule has 0 saturated carbocycles. The fourth-order valence-electron chi connectivity index (χ4n) is 2.03. The Hall–Kier alpha value is -1.85. The lowest BCUT2D eigenvalue weighted by molar-refractivity contribution is -0.155. The number of carbonyl (C=O) groups excluding carboxylic acids is 1. The molecule has 1 rings (SSSR count). The van der Waals surface area contributed by atoms with Gasteiger partial charge in [0.05, 0.1) is 17.7 Å². The van der Waals surface area contributed by atoms with Gasteiger partial charge in [0.1, 0.15) is 5.76 Å². The maximum absolute atomic E-state index is 12.3. The van der Waals surface area contributed by atoms with Crippen molar-refractivity contribution < 1.29 is 19.2 Å². The van der Waals surface area contributed by atoms with Crippen LogP contribution in [0.25, 0.3) is 0 Å². The molecule has 1 unspecified atom stereocenters. The molecule has 0 aliphatic carbocycles. The van der Waals surface area contributed by atoms with E-state index in [-0.39, 0.29) is 18.2 Å². The topological polar surface area (TPSA) is 83.6 Å². The van der Waals surface area contributed by atoms with Gasteiger partial charge in [-0.3, -0.25) is 9.59 Å². The fourth-order valence-corrected chi connectivity index (χ4v) is 2.03. The van der Waals surface area contributed by atoms with Crippen molar-refractivity contribution in [1.82, 2.24) is 10.1 Å². The first kappa shape index (κ1) is 17.2. The SMILES string of the molecule is Cc1noc(C)c1CN(C)C(=O)CC(C)(C(=O)O)C(C)C. The van der Waals surface area contributed by atoms with Crippen LogP contribution in [0.15, 0.2) is 4.52 Å². The van der Waals surface area contributed by atoms with Crippen LogP contribution in [0.4, 0.5) is 0 Å². The number of aliphatic carboxylic acids is 1. The number of amides is 1. The zero-order valence-electron chi connectivity index (χ0n) is 13.6. The minimum absolute atomic E-state index is 0.0279. The third-order valence-electron chi connectivity index (χ3n) is 4.28. The average molecular weight is 296 g/mol. The summed E-state index contributed by atoms with van der Waals surface area (Å²) >= 11 is 0. The van der Waals surface area contributed by atoms with E-state index in [1.165, 1.54) is 4.90 Å². The predicted molar refractivity (Wildman–Crippen MR) is 77.6 cm³/mol. The molecule has 1 heterocycles. The fraction of sp³-hybridized carbons (Fsp3) is 0.667. The average Bonchev–Trinajstić information content (AvgIpc) is 2.69. The molecule has 0 spiro atoms. The molecule has 0 aliphatic heterocycles. The highest BCUT2D eigenvalue weighted by atomic mass is 16.5. The van der Waals surface area contributed by atoms with Crippen LogP contribution in [0.1, 0.15) is 44.2 Å². The van der Waals surface area contributed by atoms with E-state index in [4.69, 9.17) is 4.52 Å². The van der Waals surface area contributed by atoms with Gasteiger partial charge in [0.15, 0.2) is 0 Å². The number of aryl methyl sites for hydroxylation is 2. The molecule has 6 heteroatoms. The van der Waals surface area contributed by atoms with Gasteiger partial charge in [0, 0.05) is 19.0 Å². The van der Waals surface area contributed by atoms with E-state index in [1.807, 2.05) is 20.8 Å². The van der Waals surface area contributed by atoms with Gasteiger partial charge in [-0.05, 0) is 26.7 Å². The van der Waals surface area contributed by atoms with Gasteiger partial charge in [-0.25, -0.2) is 0 Å². The van der Waals surface area contributed by atoms with Crippen LogP contribution in [0.2, 0.25) is 0 Å². The highest BCUT2D eigenvalue weighted by molar-refractivity contribution is 5.84. The maximum Gasteiger partial charge on any atom is 0.310 e. The second kappa shape index (κ2) is 6.28. The van der Waals surface area contributed by atoms with Crippen molar-refractivity contribution in [3.05, 3.63) is 17.0 Å². The Balaban J connectivity index is 2.82. The molecule has 1 amide bonds. The van der Waals surface area contributed by atoms with E-state index in [9.17, 15) is 14.7 Å². The van der Waals surface area contributed by atoms with Crippen molar-refractivity contribution in [3.63, 3.8) is 0 Å². The second-order valence-electron chi connectivity index (χ2n) is 6.11. The predicted octanol–water partition coefficient (Wildman–Crippen LogP) is 2.39. The van der Waals surface area contributed by atoms with E-state index >= 15 is 0 Å². The van der Waals surface area contributed by atoms with Gasteiger partial charge in [-0.15, -0.1) is 0 Å². The van der Waals surface area contributed by atoms with Gasteiger partial charge < -0.3 is 14.5 Å². The number of nitrogens with zero attached hydrogens (tertiary/aromatic N) is 2. The first-order valence-corrected chi connectivity index (χ1v) is 6.98. The Bertz CT molecular complexity index is 516. The number of hydrogen-bond acceptors (Lipinski definition) is 4. The number of rotatable bonds is 6. The van der Waals surface area contributed by atoms with Crippen LogP contribution in [0, 0.1) is 25.2 Å². The summed E-state index contributed by atoms with van der Waals surface area (Å²) in [6.07, 6.45) is -0.0279. The summed E-state index contributed by atoms with van der Waals surface area (Å²) in [4.78, 5) is 25.3. The molecule has 0 radical (unpaired) electrons. The molecule has 0 fully saturated rings. The Labute approximate surface area is 125 Å². The lowest BCUT2D eigenvalue weighted by Gasteiger charge is -2.30. The quantitative estimate of drug-likeness (QED) is 0.871. The molecule has 1 aromatic heterocycles. The molecule has 0 saturated heterocycles.